The molecule has 0 N–H and O–H groups in total. The van der Waals surface area contributed by atoms with Crippen LogP contribution in [0.2, 0.25) is 0 Å². The van der Waals surface area contributed by atoms with E-state index in [0.29, 0.717) is 18.7 Å². The topological polar surface area (TPSA) is 55.8 Å². The molecule has 3 rings (SSSR count). The van der Waals surface area contributed by atoms with Crippen molar-refractivity contribution in [1.29, 1.82) is 0 Å². The van der Waals surface area contributed by atoms with Crippen LogP contribution in [0, 0.1) is 6.92 Å². The second kappa shape index (κ2) is 6.69. The molecule has 0 saturated carbocycles. The quantitative estimate of drug-likeness (QED) is 0.838. The highest BCUT2D eigenvalue weighted by Gasteiger charge is 2.35. The fourth-order valence-electron chi connectivity index (χ4n) is 3.34. The zero-order valence-corrected chi connectivity index (χ0v) is 15.8. The molecule has 1 atom stereocenters. The molecule has 1 heterocycles. The summed E-state index contributed by atoms with van der Waals surface area (Å²) in [6.45, 7) is 4.23. The van der Waals surface area contributed by atoms with Crippen LogP contribution in [0.4, 0.5) is 0 Å². The third kappa shape index (κ3) is 3.12. The largest absolute Gasteiger partial charge is 0.497 e. The predicted octanol–water partition coefficient (Wildman–Crippen LogP) is 3.32. The van der Waals surface area contributed by atoms with Crippen LogP contribution in [-0.4, -0.2) is 33.5 Å². The van der Waals surface area contributed by atoms with E-state index < -0.39 is 10.0 Å². The molecule has 5 nitrogen and oxygen atoms in total. The minimum Gasteiger partial charge on any atom is -0.497 e. The zero-order chi connectivity index (χ0) is 18.2. The fourth-order valence-corrected chi connectivity index (χ4v) is 5.19. The number of hydrogen-bond acceptors (Lipinski definition) is 4. The van der Waals surface area contributed by atoms with Crippen LogP contribution >= 0.6 is 0 Å². The van der Waals surface area contributed by atoms with Gasteiger partial charge in [-0.05, 0) is 61.2 Å². The number of hydrogen-bond donors (Lipinski definition) is 0. The minimum atomic E-state index is -3.67. The van der Waals surface area contributed by atoms with Crippen molar-refractivity contribution in [3.63, 3.8) is 0 Å². The Kier molecular flexibility index (Phi) is 4.75. The standard InChI is InChI=1S/C19H23NO4S/c1-13-5-8-18(24-4)19(11-13)25(21,22)20-10-9-15-6-7-16(23-3)12-17(15)14(20)2/h5-8,11-12,14H,9-10H2,1-4H3. The molecule has 0 spiro atoms. The van der Waals surface area contributed by atoms with Crippen LogP contribution in [0.5, 0.6) is 11.5 Å². The molecule has 0 aliphatic carbocycles. The number of fused-ring (bicyclic) bond motifs is 1. The van der Waals surface area contributed by atoms with Crippen molar-refractivity contribution in [2.45, 2.75) is 31.2 Å². The van der Waals surface area contributed by atoms with Gasteiger partial charge in [0.25, 0.3) is 0 Å². The smallest absolute Gasteiger partial charge is 0.247 e. The monoisotopic (exact) mass is 361 g/mol. The van der Waals surface area contributed by atoms with E-state index in [0.717, 1.165) is 22.4 Å². The van der Waals surface area contributed by atoms with E-state index in [1.165, 1.54) is 7.11 Å². The van der Waals surface area contributed by atoms with E-state index in [4.69, 9.17) is 9.47 Å². The summed E-state index contributed by atoms with van der Waals surface area (Å²) in [6, 6.07) is 10.8. The molecule has 1 aliphatic heterocycles. The Hall–Kier alpha value is -2.05. The number of sulfonamides is 1. The van der Waals surface area contributed by atoms with Gasteiger partial charge < -0.3 is 9.47 Å². The molecule has 6 heteroatoms. The minimum absolute atomic E-state index is 0.216. The molecule has 2 aromatic carbocycles. The number of aryl methyl sites for hydroxylation is 1. The van der Waals surface area contributed by atoms with Crippen LogP contribution in [0.25, 0.3) is 0 Å². The second-order valence-electron chi connectivity index (χ2n) is 6.26. The van der Waals surface area contributed by atoms with Gasteiger partial charge in [-0.3, -0.25) is 0 Å². The number of ether oxygens (including phenoxy) is 2. The van der Waals surface area contributed by atoms with Gasteiger partial charge in [-0.1, -0.05) is 12.1 Å². The molecule has 1 aliphatic rings. The summed E-state index contributed by atoms with van der Waals surface area (Å²) in [5.74, 6) is 1.10. The van der Waals surface area contributed by atoms with Gasteiger partial charge in [0.05, 0.1) is 14.2 Å². The first-order chi connectivity index (χ1) is 11.9. The SMILES string of the molecule is COc1ccc2c(c1)C(C)N(S(=O)(=O)c1cc(C)ccc1OC)CC2. The Balaban J connectivity index is 2.06. The number of rotatable bonds is 4. The first-order valence-corrected chi connectivity index (χ1v) is 9.65. The summed E-state index contributed by atoms with van der Waals surface area (Å²) in [5.41, 5.74) is 3.03. The van der Waals surface area contributed by atoms with Crippen molar-refractivity contribution < 1.29 is 17.9 Å². The number of methoxy groups -OCH3 is 2. The Morgan fingerprint density at radius 1 is 1.08 bits per heavy atom. The molecule has 0 amide bonds. The maximum atomic E-state index is 13.3. The highest BCUT2D eigenvalue weighted by atomic mass is 32.2. The van der Waals surface area contributed by atoms with E-state index in [-0.39, 0.29) is 10.9 Å². The van der Waals surface area contributed by atoms with Crippen LogP contribution in [0.3, 0.4) is 0 Å². The molecule has 0 saturated heterocycles. The van der Waals surface area contributed by atoms with Gasteiger partial charge in [-0.2, -0.15) is 4.31 Å². The molecule has 25 heavy (non-hydrogen) atoms. The Morgan fingerprint density at radius 2 is 1.84 bits per heavy atom. The Labute approximate surface area is 149 Å². The summed E-state index contributed by atoms with van der Waals surface area (Å²) in [6.07, 6.45) is 0.678. The Morgan fingerprint density at radius 3 is 2.52 bits per heavy atom. The number of nitrogens with zero attached hydrogens (tertiary/aromatic N) is 1. The Bertz CT molecular complexity index is 892. The van der Waals surface area contributed by atoms with Crippen LogP contribution in [0.15, 0.2) is 41.3 Å². The fraction of sp³-hybridized carbons (Fsp3) is 0.368. The summed E-state index contributed by atoms with van der Waals surface area (Å²) >= 11 is 0. The van der Waals surface area contributed by atoms with Gasteiger partial charge in [0, 0.05) is 12.6 Å². The van der Waals surface area contributed by atoms with Crippen molar-refractivity contribution >= 4 is 10.0 Å². The summed E-state index contributed by atoms with van der Waals surface area (Å²) in [7, 11) is -0.569. The molecule has 0 radical (unpaired) electrons. The third-order valence-corrected chi connectivity index (χ3v) is 6.73. The molecular weight excluding hydrogens is 338 g/mol. The highest BCUT2D eigenvalue weighted by Crippen LogP contribution is 2.37. The zero-order valence-electron chi connectivity index (χ0n) is 14.9. The normalized spacial score (nSPS) is 17.8. The van der Waals surface area contributed by atoms with Crippen molar-refractivity contribution in [2.75, 3.05) is 20.8 Å². The van der Waals surface area contributed by atoms with Crippen molar-refractivity contribution in [2.24, 2.45) is 0 Å². The summed E-state index contributed by atoms with van der Waals surface area (Å²) < 4.78 is 38.8. The van der Waals surface area contributed by atoms with E-state index in [1.54, 1.807) is 23.5 Å². The van der Waals surface area contributed by atoms with E-state index >= 15 is 0 Å². The van der Waals surface area contributed by atoms with Gasteiger partial charge >= 0.3 is 0 Å². The lowest BCUT2D eigenvalue weighted by Gasteiger charge is -2.34. The second-order valence-corrected chi connectivity index (χ2v) is 8.12. The molecule has 1 unspecified atom stereocenters. The average molecular weight is 361 g/mol. The average Bonchev–Trinajstić information content (AvgIpc) is 2.61. The first-order valence-electron chi connectivity index (χ1n) is 8.21. The van der Waals surface area contributed by atoms with Gasteiger partial charge in [0.15, 0.2) is 0 Å². The lowest BCUT2D eigenvalue weighted by molar-refractivity contribution is 0.321. The maximum Gasteiger partial charge on any atom is 0.247 e. The maximum absolute atomic E-state index is 13.3. The molecule has 2 aromatic rings. The van der Waals surface area contributed by atoms with Crippen molar-refractivity contribution in [3.8, 4) is 11.5 Å². The van der Waals surface area contributed by atoms with Gasteiger partial charge in [-0.15, -0.1) is 0 Å². The van der Waals surface area contributed by atoms with Crippen LogP contribution in [-0.2, 0) is 16.4 Å². The highest BCUT2D eigenvalue weighted by molar-refractivity contribution is 7.89. The third-order valence-electron chi connectivity index (χ3n) is 4.74. The van der Waals surface area contributed by atoms with Crippen LogP contribution in [0.1, 0.15) is 29.7 Å². The van der Waals surface area contributed by atoms with E-state index in [9.17, 15) is 8.42 Å². The molecule has 134 valence electrons. The molecular formula is C19H23NO4S. The van der Waals surface area contributed by atoms with E-state index in [1.807, 2.05) is 38.1 Å². The van der Waals surface area contributed by atoms with Crippen LogP contribution < -0.4 is 9.47 Å². The lowest BCUT2D eigenvalue weighted by Crippen LogP contribution is -2.39. The lowest BCUT2D eigenvalue weighted by atomic mass is 9.95. The van der Waals surface area contributed by atoms with Crippen molar-refractivity contribution in [1.82, 2.24) is 4.31 Å². The van der Waals surface area contributed by atoms with Crippen molar-refractivity contribution in [3.05, 3.63) is 53.1 Å². The van der Waals surface area contributed by atoms with E-state index in [2.05, 4.69) is 0 Å². The predicted molar refractivity (Wildman–Crippen MR) is 96.7 cm³/mol. The molecule has 0 aromatic heterocycles. The first kappa shape index (κ1) is 17.8. The van der Waals surface area contributed by atoms with Gasteiger partial charge in [0.2, 0.25) is 10.0 Å². The van der Waals surface area contributed by atoms with Gasteiger partial charge in [-0.25, -0.2) is 8.42 Å². The number of benzene rings is 2. The summed E-state index contributed by atoms with van der Waals surface area (Å²) in [4.78, 5) is 0.216. The molecule has 0 bridgehead atoms. The summed E-state index contributed by atoms with van der Waals surface area (Å²) in [5, 5.41) is 0. The molecule has 0 fully saturated rings. The van der Waals surface area contributed by atoms with Gasteiger partial charge in [0.1, 0.15) is 16.4 Å².